The molecule has 5 nitrogen and oxygen atoms in total. The summed E-state index contributed by atoms with van der Waals surface area (Å²) in [5.74, 6) is -1.10. The maximum Gasteiger partial charge on any atom is 0.303 e. The Kier molecular flexibility index (Phi) is 6.37. The normalized spacial score (nSPS) is 11.2. The lowest BCUT2D eigenvalue weighted by molar-refractivity contribution is -0.139. The van der Waals surface area contributed by atoms with Crippen molar-refractivity contribution in [1.29, 1.82) is 0 Å². The molecule has 1 aromatic carbocycles. The molecule has 1 amide bonds. The number of carboxylic acids is 1. The molecule has 1 aromatic rings. The minimum atomic E-state index is -0.904. The Morgan fingerprint density at radius 2 is 1.95 bits per heavy atom. The van der Waals surface area contributed by atoms with Gasteiger partial charge in [-0.15, -0.1) is 0 Å². The van der Waals surface area contributed by atoms with Crippen LogP contribution in [-0.4, -0.2) is 28.7 Å². The summed E-state index contributed by atoms with van der Waals surface area (Å²) in [6, 6.07) is 7.46. The van der Waals surface area contributed by atoms with Crippen molar-refractivity contribution >= 4 is 17.6 Å². The highest BCUT2D eigenvalue weighted by atomic mass is 16.4. The number of benzene rings is 1. The fraction of sp³-hybridized carbons (Fsp3) is 0.500. The van der Waals surface area contributed by atoms with Crippen molar-refractivity contribution < 1.29 is 19.8 Å². The molecule has 3 N–H and O–H groups in total. The van der Waals surface area contributed by atoms with Crippen LogP contribution < -0.4 is 5.32 Å². The van der Waals surface area contributed by atoms with Crippen LogP contribution in [-0.2, 0) is 16.0 Å². The molecular weight excluding hydrogens is 270 g/mol. The molecule has 0 bridgehead atoms. The minimum Gasteiger partial charge on any atom is -0.481 e. The highest BCUT2D eigenvalue weighted by Crippen LogP contribution is 2.25. The number of aliphatic hydroxyl groups is 1. The Morgan fingerprint density at radius 3 is 2.57 bits per heavy atom. The van der Waals surface area contributed by atoms with Gasteiger partial charge in [0.05, 0.1) is 6.42 Å². The average Bonchev–Trinajstić information content (AvgIpc) is 2.34. The van der Waals surface area contributed by atoms with Crippen LogP contribution in [0, 0.1) is 5.41 Å². The predicted molar refractivity (Wildman–Crippen MR) is 81.1 cm³/mol. The first-order valence-corrected chi connectivity index (χ1v) is 7.04. The van der Waals surface area contributed by atoms with E-state index in [9.17, 15) is 9.59 Å². The second-order valence-electron chi connectivity index (χ2n) is 5.99. The summed E-state index contributed by atoms with van der Waals surface area (Å²) in [6.45, 7) is 3.66. The molecule has 5 heteroatoms. The number of aliphatic hydroxyl groups excluding tert-OH is 1. The van der Waals surface area contributed by atoms with Crippen molar-refractivity contribution in [2.45, 2.75) is 39.5 Å². The Labute approximate surface area is 125 Å². The second-order valence-corrected chi connectivity index (χ2v) is 5.99. The number of carbonyl (C=O) groups is 2. The van der Waals surface area contributed by atoms with Crippen LogP contribution in [0.5, 0.6) is 0 Å². The molecule has 0 fully saturated rings. The van der Waals surface area contributed by atoms with Gasteiger partial charge in [-0.1, -0.05) is 26.0 Å². The van der Waals surface area contributed by atoms with Crippen molar-refractivity contribution in [2.75, 3.05) is 11.9 Å². The lowest BCUT2D eigenvalue weighted by Crippen LogP contribution is -2.24. The third-order valence-electron chi connectivity index (χ3n) is 3.10. The van der Waals surface area contributed by atoms with E-state index in [1.807, 2.05) is 18.2 Å². The third-order valence-corrected chi connectivity index (χ3v) is 3.10. The van der Waals surface area contributed by atoms with Crippen molar-refractivity contribution in [3.8, 4) is 0 Å². The molecule has 0 aromatic heterocycles. The summed E-state index contributed by atoms with van der Waals surface area (Å²) in [5.41, 5.74) is 1.16. The first-order valence-electron chi connectivity index (χ1n) is 7.04. The zero-order valence-corrected chi connectivity index (χ0v) is 12.6. The zero-order valence-electron chi connectivity index (χ0n) is 12.6. The zero-order chi connectivity index (χ0) is 15.9. The van der Waals surface area contributed by atoms with E-state index in [-0.39, 0.29) is 25.4 Å². The van der Waals surface area contributed by atoms with Gasteiger partial charge in [0.15, 0.2) is 0 Å². The van der Waals surface area contributed by atoms with Crippen molar-refractivity contribution in [3.63, 3.8) is 0 Å². The molecule has 0 saturated carbocycles. The van der Waals surface area contributed by atoms with Crippen LogP contribution in [0.4, 0.5) is 5.69 Å². The number of hydrogen-bond acceptors (Lipinski definition) is 3. The Morgan fingerprint density at radius 1 is 1.24 bits per heavy atom. The second kappa shape index (κ2) is 7.78. The smallest absolute Gasteiger partial charge is 0.303 e. The van der Waals surface area contributed by atoms with E-state index < -0.39 is 11.4 Å². The van der Waals surface area contributed by atoms with Crippen molar-refractivity contribution in [1.82, 2.24) is 0 Å². The lowest BCUT2D eigenvalue weighted by Gasteiger charge is -2.21. The molecule has 0 unspecified atom stereocenters. The largest absolute Gasteiger partial charge is 0.481 e. The molecule has 0 spiro atoms. The van der Waals surface area contributed by atoms with Gasteiger partial charge < -0.3 is 15.5 Å². The molecule has 0 atom stereocenters. The van der Waals surface area contributed by atoms with E-state index in [1.165, 1.54) is 0 Å². The predicted octanol–water partition coefficient (Wildman–Crippen LogP) is 2.44. The Balaban J connectivity index is 2.60. The lowest BCUT2D eigenvalue weighted by atomic mass is 9.85. The van der Waals surface area contributed by atoms with Gasteiger partial charge in [-0.3, -0.25) is 9.59 Å². The highest BCUT2D eigenvalue weighted by Gasteiger charge is 2.25. The fourth-order valence-electron chi connectivity index (χ4n) is 2.20. The third kappa shape index (κ3) is 6.90. The monoisotopic (exact) mass is 293 g/mol. The van der Waals surface area contributed by atoms with Gasteiger partial charge in [0, 0.05) is 18.7 Å². The Hall–Kier alpha value is -1.88. The van der Waals surface area contributed by atoms with Crippen LogP contribution in [0.25, 0.3) is 0 Å². The van der Waals surface area contributed by atoms with E-state index in [0.29, 0.717) is 12.1 Å². The number of carbonyl (C=O) groups excluding carboxylic acids is 1. The average molecular weight is 293 g/mol. The molecule has 0 aliphatic rings. The van der Waals surface area contributed by atoms with E-state index in [4.69, 9.17) is 10.2 Å². The molecule has 0 heterocycles. The summed E-state index contributed by atoms with van der Waals surface area (Å²) >= 11 is 0. The van der Waals surface area contributed by atoms with E-state index in [2.05, 4.69) is 5.32 Å². The number of rotatable bonds is 8. The first kappa shape index (κ1) is 17.2. The van der Waals surface area contributed by atoms with Crippen LogP contribution >= 0.6 is 0 Å². The summed E-state index contributed by atoms with van der Waals surface area (Å²) in [7, 11) is 0. The standard InChI is InChI=1S/C16H23NO4/c1-16(2,11-15(20)21)10-14(19)17-13-7-3-5-12(9-13)6-4-8-18/h3,5,7,9,18H,4,6,8,10-11H2,1-2H3,(H,17,19)(H,20,21). The SMILES string of the molecule is CC(C)(CC(=O)O)CC(=O)Nc1cccc(CCCO)c1. The molecule has 21 heavy (non-hydrogen) atoms. The number of aliphatic carboxylic acids is 1. The van der Waals surface area contributed by atoms with Gasteiger partial charge in [0.25, 0.3) is 0 Å². The molecule has 0 aliphatic carbocycles. The number of amides is 1. The summed E-state index contributed by atoms with van der Waals surface area (Å²) in [5, 5.41) is 20.4. The number of nitrogens with one attached hydrogen (secondary N) is 1. The van der Waals surface area contributed by atoms with Crippen LogP contribution in [0.1, 0.15) is 38.7 Å². The maximum atomic E-state index is 12.0. The van der Waals surface area contributed by atoms with E-state index >= 15 is 0 Å². The quantitative estimate of drug-likeness (QED) is 0.687. The number of hydrogen-bond donors (Lipinski definition) is 3. The Bertz CT molecular complexity index is 497. The molecule has 116 valence electrons. The highest BCUT2D eigenvalue weighted by molar-refractivity contribution is 5.91. The number of aryl methyl sites for hydroxylation is 1. The fourth-order valence-corrected chi connectivity index (χ4v) is 2.20. The van der Waals surface area contributed by atoms with Crippen LogP contribution in [0.3, 0.4) is 0 Å². The summed E-state index contributed by atoms with van der Waals surface area (Å²) < 4.78 is 0. The minimum absolute atomic E-state index is 0.0447. The molecule has 0 radical (unpaired) electrons. The topological polar surface area (TPSA) is 86.6 Å². The first-order chi connectivity index (χ1) is 9.82. The van der Waals surface area contributed by atoms with Gasteiger partial charge >= 0.3 is 5.97 Å². The van der Waals surface area contributed by atoms with Gasteiger partial charge in [-0.2, -0.15) is 0 Å². The molecular formula is C16H23NO4. The maximum absolute atomic E-state index is 12.0. The van der Waals surface area contributed by atoms with Gasteiger partial charge in [0.1, 0.15) is 0 Å². The van der Waals surface area contributed by atoms with Crippen LogP contribution in [0.15, 0.2) is 24.3 Å². The molecule has 0 aliphatic heterocycles. The number of anilines is 1. The summed E-state index contributed by atoms with van der Waals surface area (Å²) in [6.07, 6.45) is 1.55. The van der Waals surface area contributed by atoms with Gasteiger partial charge in [-0.25, -0.2) is 0 Å². The molecule has 1 rings (SSSR count). The van der Waals surface area contributed by atoms with E-state index in [0.717, 1.165) is 12.0 Å². The van der Waals surface area contributed by atoms with Crippen molar-refractivity contribution in [2.24, 2.45) is 5.41 Å². The van der Waals surface area contributed by atoms with E-state index in [1.54, 1.807) is 19.9 Å². The number of carboxylic acid groups (broad SMARTS) is 1. The molecule has 0 saturated heterocycles. The van der Waals surface area contributed by atoms with Gasteiger partial charge in [0.2, 0.25) is 5.91 Å². The van der Waals surface area contributed by atoms with Gasteiger partial charge in [-0.05, 0) is 36.0 Å². The van der Waals surface area contributed by atoms with Crippen molar-refractivity contribution in [3.05, 3.63) is 29.8 Å². The van der Waals surface area contributed by atoms with Crippen LogP contribution in [0.2, 0.25) is 0 Å². The summed E-state index contributed by atoms with van der Waals surface area (Å²) in [4.78, 5) is 22.7.